The summed E-state index contributed by atoms with van der Waals surface area (Å²) in [5.74, 6) is -0.792. The zero-order chi connectivity index (χ0) is 52.0. The molecule has 0 aromatic heterocycles. The summed E-state index contributed by atoms with van der Waals surface area (Å²) in [6.07, 6.45) is 67.7. The first-order valence-electron chi connectivity index (χ1n) is 29.5. The van der Waals surface area contributed by atoms with Crippen molar-refractivity contribution < 1.29 is 42.1 Å². The van der Waals surface area contributed by atoms with Gasteiger partial charge in [-0.2, -0.15) is 0 Å². The van der Waals surface area contributed by atoms with Crippen molar-refractivity contribution in [3.05, 3.63) is 60.8 Å². The van der Waals surface area contributed by atoms with Crippen LogP contribution in [0.3, 0.4) is 0 Å². The molecule has 0 aromatic rings. The number of carbonyl (C=O) groups is 2. The fourth-order valence-electron chi connectivity index (χ4n) is 8.28. The lowest BCUT2D eigenvalue weighted by molar-refractivity contribution is -0.870. The van der Waals surface area contributed by atoms with E-state index in [0.29, 0.717) is 23.9 Å². The lowest BCUT2D eigenvalue weighted by Crippen LogP contribution is -2.37. The summed E-state index contributed by atoms with van der Waals surface area (Å²) in [4.78, 5) is 35.4. The minimum atomic E-state index is -4.37. The van der Waals surface area contributed by atoms with Gasteiger partial charge in [0.25, 0.3) is 0 Å². The van der Waals surface area contributed by atoms with Crippen molar-refractivity contribution in [3.8, 4) is 0 Å². The van der Waals surface area contributed by atoms with Crippen LogP contribution in [0.15, 0.2) is 60.8 Å². The highest BCUT2D eigenvalue weighted by Crippen LogP contribution is 2.43. The number of hydrogen-bond acceptors (Lipinski definition) is 7. The molecule has 10 heteroatoms. The number of esters is 2. The molecule has 0 spiro atoms. The quantitative estimate of drug-likeness (QED) is 0.0211. The lowest BCUT2D eigenvalue weighted by atomic mass is 10.0. The maximum atomic E-state index is 12.7. The topological polar surface area (TPSA) is 108 Å². The lowest BCUT2D eigenvalue weighted by Gasteiger charge is -2.24. The number of phosphoric acid groups is 1. The number of phosphoric ester groups is 1. The first-order chi connectivity index (χ1) is 34.5. The summed E-state index contributed by atoms with van der Waals surface area (Å²) >= 11 is 0. The zero-order valence-electron chi connectivity index (χ0n) is 47.0. The second-order valence-electron chi connectivity index (χ2n) is 21.0. The van der Waals surface area contributed by atoms with Crippen LogP contribution >= 0.6 is 7.82 Å². The third-order valence-corrected chi connectivity index (χ3v) is 13.8. The standard InChI is InChI=1S/C61H112NO8P/c1-6-8-10-12-14-16-17-18-19-20-21-22-23-24-25-26-27-28-29-30-31-32-33-34-35-36-37-38-39-40-41-42-43-44-45-46-48-50-52-54-61(64)70-59(58-69-71(65,66)68-56-55-62(3,4)5)57-67-60(63)53-51-49-47-15-13-11-9-7-2/h8,10,14,16,18-19,21-22,24-25,59H,6-7,9,11-13,15,17,20,23,26-58H2,1-5H3/p+1/b10-8-,16-14-,19-18-,22-21-,25-24-. The van der Waals surface area contributed by atoms with Crippen molar-refractivity contribution in [2.24, 2.45) is 0 Å². The Labute approximate surface area is 438 Å². The Balaban J connectivity index is 3.82. The molecule has 0 heterocycles. The maximum Gasteiger partial charge on any atom is 0.472 e. The Kier molecular flexibility index (Phi) is 50.9. The highest BCUT2D eigenvalue weighted by Gasteiger charge is 2.27. The van der Waals surface area contributed by atoms with Gasteiger partial charge in [-0.3, -0.25) is 18.6 Å². The van der Waals surface area contributed by atoms with Crippen molar-refractivity contribution in [1.82, 2.24) is 0 Å². The molecule has 0 radical (unpaired) electrons. The molecule has 1 N–H and O–H groups in total. The van der Waals surface area contributed by atoms with Crippen molar-refractivity contribution in [1.29, 1.82) is 0 Å². The van der Waals surface area contributed by atoms with Gasteiger partial charge in [-0.15, -0.1) is 0 Å². The molecule has 0 saturated carbocycles. The van der Waals surface area contributed by atoms with E-state index in [-0.39, 0.29) is 25.6 Å². The van der Waals surface area contributed by atoms with Crippen LogP contribution in [0, 0.1) is 0 Å². The van der Waals surface area contributed by atoms with Crippen LogP contribution in [-0.2, 0) is 32.7 Å². The number of hydrogen-bond donors (Lipinski definition) is 1. The SMILES string of the molecule is CC/C=C\C/C=C\C/C=C\C/C=C\C/C=C\CCCCCCCCCCCCCCCCCCCCCCCCCC(=O)OC(COC(=O)CCCCCCCCCC)COP(=O)(O)OCC[N+](C)(C)C. The number of nitrogens with zero attached hydrogens (tertiary/aromatic N) is 1. The molecule has 2 atom stereocenters. The number of unbranched alkanes of at least 4 members (excludes halogenated alkanes) is 30. The fourth-order valence-corrected chi connectivity index (χ4v) is 9.02. The van der Waals surface area contributed by atoms with E-state index < -0.39 is 26.5 Å². The van der Waals surface area contributed by atoms with Crippen molar-refractivity contribution >= 4 is 19.8 Å². The molecule has 71 heavy (non-hydrogen) atoms. The summed E-state index contributed by atoms with van der Waals surface area (Å²) in [7, 11) is 1.49. The van der Waals surface area contributed by atoms with Crippen LogP contribution in [0.4, 0.5) is 0 Å². The molecule has 9 nitrogen and oxygen atoms in total. The predicted octanol–water partition coefficient (Wildman–Crippen LogP) is 18.3. The second kappa shape index (κ2) is 52.6. The van der Waals surface area contributed by atoms with E-state index in [2.05, 4.69) is 74.6 Å². The van der Waals surface area contributed by atoms with Gasteiger partial charge >= 0.3 is 19.8 Å². The molecular formula is C61H113NO8P+. The molecule has 0 amide bonds. The van der Waals surface area contributed by atoms with Gasteiger partial charge in [-0.1, -0.05) is 254 Å². The average molecular weight is 1020 g/mol. The van der Waals surface area contributed by atoms with E-state index in [1.807, 2.05) is 21.1 Å². The van der Waals surface area contributed by atoms with Gasteiger partial charge in [-0.25, -0.2) is 4.57 Å². The van der Waals surface area contributed by atoms with E-state index in [1.54, 1.807) is 0 Å². The smallest absolute Gasteiger partial charge is 0.462 e. The van der Waals surface area contributed by atoms with Gasteiger partial charge in [-0.05, 0) is 57.8 Å². The Morgan fingerprint density at radius 1 is 0.451 bits per heavy atom. The van der Waals surface area contributed by atoms with Gasteiger partial charge in [0.1, 0.15) is 19.8 Å². The molecule has 0 saturated heterocycles. The first kappa shape index (κ1) is 68.7. The zero-order valence-corrected chi connectivity index (χ0v) is 47.9. The van der Waals surface area contributed by atoms with Crippen LogP contribution in [0.2, 0.25) is 0 Å². The second-order valence-corrected chi connectivity index (χ2v) is 22.5. The number of quaternary nitrogens is 1. The summed E-state index contributed by atoms with van der Waals surface area (Å²) in [5, 5.41) is 0. The van der Waals surface area contributed by atoms with Crippen LogP contribution in [0.5, 0.6) is 0 Å². The molecule has 0 aliphatic rings. The Morgan fingerprint density at radius 2 is 0.803 bits per heavy atom. The third-order valence-electron chi connectivity index (χ3n) is 12.8. The number of ether oxygens (including phenoxy) is 2. The molecule has 0 aromatic carbocycles. The molecule has 0 rings (SSSR count). The van der Waals surface area contributed by atoms with E-state index in [4.69, 9.17) is 18.5 Å². The molecule has 0 aliphatic carbocycles. The summed E-state index contributed by atoms with van der Waals surface area (Å²) in [5.41, 5.74) is 0. The van der Waals surface area contributed by atoms with Gasteiger partial charge in [0, 0.05) is 12.8 Å². The average Bonchev–Trinajstić information content (AvgIpc) is 3.33. The largest absolute Gasteiger partial charge is 0.472 e. The van der Waals surface area contributed by atoms with Crippen LogP contribution in [0.25, 0.3) is 0 Å². The fraction of sp³-hybridized carbons (Fsp3) is 0.803. The Bertz CT molecular complexity index is 1380. The van der Waals surface area contributed by atoms with Crippen molar-refractivity contribution in [2.75, 3.05) is 47.5 Å². The Morgan fingerprint density at radius 3 is 1.20 bits per heavy atom. The number of carbonyl (C=O) groups excluding carboxylic acids is 2. The number of allylic oxidation sites excluding steroid dienone is 10. The summed E-state index contributed by atoms with van der Waals surface area (Å²) in [6.45, 7) is 4.30. The third kappa shape index (κ3) is 56.9. The van der Waals surface area contributed by atoms with Gasteiger partial charge in [0.15, 0.2) is 6.10 Å². The van der Waals surface area contributed by atoms with Gasteiger partial charge in [0.05, 0.1) is 27.7 Å². The van der Waals surface area contributed by atoms with Crippen LogP contribution in [-0.4, -0.2) is 74.9 Å². The van der Waals surface area contributed by atoms with E-state index in [0.717, 1.165) is 64.2 Å². The highest BCUT2D eigenvalue weighted by molar-refractivity contribution is 7.47. The van der Waals surface area contributed by atoms with E-state index in [1.165, 1.54) is 167 Å². The van der Waals surface area contributed by atoms with E-state index in [9.17, 15) is 19.0 Å². The molecule has 414 valence electrons. The molecule has 2 unspecified atom stereocenters. The summed E-state index contributed by atoms with van der Waals surface area (Å²) < 4.78 is 34.4. The highest BCUT2D eigenvalue weighted by atomic mass is 31.2. The van der Waals surface area contributed by atoms with E-state index >= 15 is 0 Å². The first-order valence-corrected chi connectivity index (χ1v) is 31.0. The van der Waals surface area contributed by atoms with Crippen molar-refractivity contribution in [2.45, 2.75) is 270 Å². The predicted molar refractivity (Wildman–Crippen MR) is 303 cm³/mol. The van der Waals surface area contributed by atoms with Gasteiger partial charge in [0.2, 0.25) is 0 Å². The molecule has 0 fully saturated rings. The van der Waals surface area contributed by atoms with Crippen LogP contribution in [0.1, 0.15) is 264 Å². The minimum absolute atomic E-state index is 0.0337. The van der Waals surface area contributed by atoms with Crippen LogP contribution < -0.4 is 0 Å². The number of rotatable bonds is 54. The Hall–Kier alpha value is -2.29. The molecular weight excluding hydrogens is 906 g/mol. The molecule has 0 aliphatic heterocycles. The minimum Gasteiger partial charge on any atom is -0.462 e. The number of likely N-dealkylation sites (N-methyl/N-ethyl adjacent to an activating group) is 1. The maximum absolute atomic E-state index is 12.7. The van der Waals surface area contributed by atoms with Gasteiger partial charge < -0.3 is 18.9 Å². The normalized spacial score (nSPS) is 13.7. The monoisotopic (exact) mass is 1020 g/mol. The van der Waals surface area contributed by atoms with Crippen molar-refractivity contribution in [3.63, 3.8) is 0 Å². The molecule has 0 bridgehead atoms. The summed E-state index contributed by atoms with van der Waals surface area (Å²) in [6, 6.07) is 0.